The number of carbonyl (C=O) groups excluding carboxylic acids is 1. The zero-order valence-corrected chi connectivity index (χ0v) is 12.4. The Morgan fingerprint density at radius 2 is 1.60 bits per heavy atom. The fraction of sp³-hybridized carbons (Fsp3) is 0.533. The zero-order chi connectivity index (χ0) is 14.4. The predicted molar refractivity (Wildman–Crippen MR) is 80.4 cm³/mol. The van der Waals surface area contributed by atoms with E-state index in [0.717, 1.165) is 44.8 Å². The Morgan fingerprint density at radius 1 is 1.05 bits per heavy atom. The van der Waals surface area contributed by atoms with Crippen LogP contribution in [-0.4, -0.2) is 66.6 Å². The number of hydrogen-bond acceptors (Lipinski definition) is 4. The first-order chi connectivity index (χ1) is 9.69. The molecule has 20 heavy (non-hydrogen) atoms. The Balaban J connectivity index is 1.73. The SMILES string of the molecule is O=C(CCN1CCN(CCO)CC1)c1ccc(Cl)cc1. The number of halogens is 1. The molecule has 0 spiro atoms. The van der Waals surface area contributed by atoms with E-state index in [2.05, 4.69) is 9.80 Å². The molecular formula is C15H21ClN2O2. The van der Waals surface area contributed by atoms with Crippen molar-refractivity contribution < 1.29 is 9.90 Å². The van der Waals surface area contributed by atoms with Crippen LogP contribution in [-0.2, 0) is 0 Å². The molecule has 1 aromatic rings. The molecule has 1 aliphatic rings. The van der Waals surface area contributed by atoms with Gasteiger partial charge in [0.05, 0.1) is 6.61 Å². The van der Waals surface area contributed by atoms with Crippen molar-refractivity contribution in [3.63, 3.8) is 0 Å². The van der Waals surface area contributed by atoms with E-state index in [-0.39, 0.29) is 12.4 Å². The molecule has 1 heterocycles. The molecule has 1 aliphatic heterocycles. The third-order valence-corrected chi connectivity index (χ3v) is 3.95. The molecule has 0 aromatic heterocycles. The van der Waals surface area contributed by atoms with Gasteiger partial charge in [0.2, 0.25) is 0 Å². The molecule has 0 unspecified atom stereocenters. The highest BCUT2D eigenvalue weighted by molar-refractivity contribution is 6.30. The van der Waals surface area contributed by atoms with Crippen LogP contribution in [0, 0.1) is 0 Å². The normalized spacial score (nSPS) is 17.3. The van der Waals surface area contributed by atoms with Gasteiger partial charge in [0.15, 0.2) is 5.78 Å². The number of nitrogens with zero attached hydrogens (tertiary/aromatic N) is 2. The molecule has 1 saturated heterocycles. The van der Waals surface area contributed by atoms with Crippen molar-refractivity contribution in [2.45, 2.75) is 6.42 Å². The number of carbonyl (C=O) groups is 1. The van der Waals surface area contributed by atoms with Gasteiger partial charge in [-0.3, -0.25) is 9.69 Å². The Bertz CT molecular complexity index is 428. The minimum absolute atomic E-state index is 0.166. The van der Waals surface area contributed by atoms with Crippen molar-refractivity contribution >= 4 is 17.4 Å². The molecule has 0 bridgehead atoms. The minimum Gasteiger partial charge on any atom is -0.395 e. The average molecular weight is 297 g/mol. The molecule has 1 aromatic carbocycles. The first-order valence-electron chi connectivity index (χ1n) is 7.03. The molecule has 0 saturated carbocycles. The summed E-state index contributed by atoms with van der Waals surface area (Å²) in [5.41, 5.74) is 0.730. The maximum atomic E-state index is 12.1. The van der Waals surface area contributed by atoms with Gasteiger partial charge in [-0.25, -0.2) is 0 Å². The maximum Gasteiger partial charge on any atom is 0.164 e. The third kappa shape index (κ3) is 4.56. The van der Waals surface area contributed by atoms with Crippen molar-refractivity contribution in [2.24, 2.45) is 0 Å². The molecule has 1 fully saturated rings. The van der Waals surface area contributed by atoms with Crippen LogP contribution in [0.15, 0.2) is 24.3 Å². The smallest absolute Gasteiger partial charge is 0.164 e. The second-order valence-electron chi connectivity index (χ2n) is 5.09. The lowest BCUT2D eigenvalue weighted by Crippen LogP contribution is -2.47. The Morgan fingerprint density at radius 3 is 2.15 bits per heavy atom. The summed E-state index contributed by atoms with van der Waals surface area (Å²) in [5, 5.41) is 9.55. The van der Waals surface area contributed by atoms with Gasteiger partial charge in [0.25, 0.3) is 0 Å². The largest absolute Gasteiger partial charge is 0.395 e. The van der Waals surface area contributed by atoms with Crippen molar-refractivity contribution in [1.82, 2.24) is 9.80 Å². The van der Waals surface area contributed by atoms with Gasteiger partial charge in [-0.2, -0.15) is 0 Å². The molecule has 4 nitrogen and oxygen atoms in total. The van der Waals surface area contributed by atoms with Crippen LogP contribution in [0.4, 0.5) is 0 Å². The van der Waals surface area contributed by atoms with E-state index in [9.17, 15) is 4.79 Å². The van der Waals surface area contributed by atoms with Gasteiger partial charge in [-0.15, -0.1) is 0 Å². The van der Waals surface area contributed by atoms with Crippen LogP contribution in [0.3, 0.4) is 0 Å². The summed E-state index contributed by atoms with van der Waals surface area (Å²) in [6.45, 7) is 5.63. The van der Waals surface area contributed by atoms with Crippen molar-refractivity contribution in [3.8, 4) is 0 Å². The molecule has 5 heteroatoms. The van der Waals surface area contributed by atoms with E-state index in [1.807, 2.05) is 0 Å². The zero-order valence-electron chi connectivity index (χ0n) is 11.6. The summed E-state index contributed by atoms with van der Waals surface area (Å²) in [6, 6.07) is 7.07. The van der Waals surface area contributed by atoms with Gasteiger partial charge in [0, 0.05) is 56.3 Å². The van der Waals surface area contributed by atoms with E-state index < -0.39 is 0 Å². The van der Waals surface area contributed by atoms with E-state index in [1.165, 1.54) is 0 Å². The van der Waals surface area contributed by atoms with E-state index in [0.29, 0.717) is 11.4 Å². The summed E-state index contributed by atoms with van der Waals surface area (Å²) in [4.78, 5) is 16.6. The number of hydrogen-bond donors (Lipinski definition) is 1. The van der Waals surface area contributed by atoms with Gasteiger partial charge in [0.1, 0.15) is 0 Å². The lowest BCUT2D eigenvalue weighted by atomic mass is 10.1. The summed E-state index contributed by atoms with van der Waals surface area (Å²) in [5.74, 6) is 0.166. The number of aliphatic hydroxyl groups is 1. The summed E-state index contributed by atoms with van der Waals surface area (Å²) < 4.78 is 0. The number of aliphatic hydroxyl groups excluding tert-OH is 1. The van der Waals surface area contributed by atoms with Crippen LogP contribution in [0.1, 0.15) is 16.8 Å². The molecule has 0 aliphatic carbocycles. The molecular weight excluding hydrogens is 276 g/mol. The van der Waals surface area contributed by atoms with Gasteiger partial charge in [-0.05, 0) is 24.3 Å². The van der Waals surface area contributed by atoms with E-state index in [4.69, 9.17) is 16.7 Å². The first-order valence-corrected chi connectivity index (χ1v) is 7.41. The topological polar surface area (TPSA) is 43.8 Å². The first kappa shape index (κ1) is 15.4. The van der Waals surface area contributed by atoms with Crippen LogP contribution in [0.5, 0.6) is 0 Å². The van der Waals surface area contributed by atoms with Crippen molar-refractivity contribution in [1.29, 1.82) is 0 Å². The number of piperazine rings is 1. The quantitative estimate of drug-likeness (QED) is 0.809. The monoisotopic (exact) mass is 296 g/mol. The van der Waals surface area contributed by atoms with E-state index >= 15 is 0 Å². The summed E-state index contributed by atoms with van der Waals surface area (Å²) in [6.07, 6.45) is 0.543. The highest BCUT2D eigenvalue weighted by atomic mass is 35.5. The van der Waals surface area contributed by atoms with Crippen molar-refractivity contribution in [2.75, 3.05) is 45.9 Å². The molecule has 110 valence electrons. The number of benzene rings is 1. The molecule has 2 rings (SSSR count). The maximum absolute atomic E-state index is 12.1. The lowest BCUT2D eigenvalue weighted by molar-refractivity contribution is 0.0907. The second kappa shape index (κ2) is 7.74. The minimum atomic E-state index is 0.166. The van der Waals surface area contributed by atoms with Crippen LogP contribution in [0.25, 0.3) is 0 Å². The second-order valence-corrected chi connectivity index (χ2v) is 5.52. The van der Waals surface area contributed by atoms with Crippen LogP contribution >= 0.6 is 11.6 Å². The molecule has 0 atom stereocenters. The highest BCUT2D eigenvalue weighted by Crippen LogP contribution is 2.12. The van der Waals surface area contributed by atoms with Gasteiger partial charge in [-0.1, -0.05) is 11.6 Å². The van der Waals surface area contributed by atoms with E-state index in [1.54, 1.807) is 24.3 Å². The third-order valence-electron chi connectivity index (χ3n) is 3.70. The number of Topliss-reactive ketones (excluding diaryl/α,β-unsaturated/α-hetero) is 1. The van der Waals surface area contributed by atoms with Gasteiger partial charge >= 0.3 is 0 Å². The van der Waals surface area contributed by atoms with Crippen LogP contribution in [0.2, 0.25) is 5.02 Å². The van der Waals surface area contributed by atoms with Crippen LogP contribution < -0.4 is 0 Å². The number of β-amino-alcohol motifs (C(OH)–C–C–N with tert-alkyl or cyclic N) is 1. The highest BCUT2D eigenvalue weighted by Gasteiger charge is 2.17. The van der Waals surface area contributed by atoms with Crippen molar-refractivity contribution in [3.05, 3.63) is 34.9 Å². The molecule has 1 N–H and O–H groups in total. The summed E-state index contributed by atoms with van der Waals surface area (Å²) >= 11 is 5.81. The number of ketones is 1. The average Bonchev–Trinajstić information content (AvgIpc) is 2.47. The Hall–Kier alpha value is -0.940. The lowest BCUT2D eigenvalue weighted by Gasteiger charge is -2.34. The standard InChI is InChI=1S/C15H21ClN2O2/c16-14-3-1-13(2-4-14)15(20)5-6-17-7-9-18(10-8-17)11-12-19/h1-4,19H,5-12H2. The predicted octanol–water partition coefficient (Wildman–Crippen LogP) is 1.52. The number of rotatable bonds is 6. The molecule has 0 radical (unpaired) electrons. The fourth-order valence-corrected chi connectivity index (χ4v) is 2.54. The summed E-state index contributed by atoms with van der Waals surface area (Å²) in [7, 11) is 0. The fourth-order valence-electron chi connectivity index (χ4n) is 2.42. The van der Waals surface area contributed by atoms with Gasteiger partial charge < -0.3 is 10.0 Å². The molecule has 0 amide bonds. The Labute approximate surface area is 124 Å². The Kier molecular flexibility index (Phi) is 5.98.